The van der Waals surface area contributed by atoms with E-state index in [0.29, 0.717) is 39.0 Å². The van der Waals surface area contributed by atoms with Gasteiger partial charge in [-0.05, 0) is 36.1 Å². The molecule has 4 rings (SSSR count). The molecule has 0 atom stereocenters. The van der Waals surface area contributed by atoms with Crippen molar-refractivity contribution in [3.8, 4) is 0 Å². The highest BCUT2D eigenvalue weighted by atomic mass is 32.2. The van der Waals surface area contributed by atoms with Gasteiger partial charge in [0.15, 0.2) is 9.84 Å². The Morgan fingerprint density at radius 1 is 0.921 bits per heavy atom. The predicted octanol–water partition coefficient (Wildman–Crippen LogP) is 4.08. The molecule has 198 valence electrons. The van der Waals surface area contributed by atoms with E-state index in [2.05, 4.69) is 0 Å². The van der Waals surface area contributed by atoms with Gasteiger partial charge >= 0.3 is 0 Å². The number of sulfone groups is 1. The highest BCUT2D eigenvalue weighted by molar-refractivity contribution is 7.90. The molecule has 0 aromatic heterocycles. The summed E-state index contributed by atoms with van der Waals surface area (Å²) in [5, 5.41) is 11.4. The minimum atomic E-state index is -3.82. The summed E-state index contributed by atoms with van der Waals surface area (Å²) in [6, 6.07) is 23.0. The van der Waals surface area contributed by atoms with Crippen molar-refractivity contribution in [2.45, 2.75) is 30.8 Å². The van der Waals surface area contributed by atoms with Gasteiger partial charge < -0.3 is 9.80 Å². The summed E-state index contributed by atoms with van der Waals surface area (Å²) >= 11 is 0. The maximum atomic E-state index is 13.6. The molecule has 1 aliphatic rings. The van der Waals surface area contributed by atoms with Gasteiger partial charge in [0.05, 0.1) is 4.92 Å². The van der Waals surface area contributed by atoms with Crippen LogP contribution < -0.4 is 0 Å². The highest BCUT2D eigenvalue weighted by Crippen LogP contribution is 2.28. The molecule has 3 aromatic carbocycles. The first-order valence-electron chi connectivity index (χ1n) is 12.3. The van der Waals surface area contributed by atoms with Gasteiger partial charge in [-0.1, -0.05) is 60.7 Å². The smallest absolute Gasteiger partial charge is 0.288 e. The number of piperidine rings is 1. The molecule has 1 aliphatic heterocycles. The molecule has 9 nitrogen and oxygen atoms in total. The lowest BCUT2D eigenvalue weighted by Gasteiger charge is -2.34. The number of hydrogen-bond donors (Lipinski definition) is 0. The fraction of sp³-hybridized carbons (Fsp3) is 0.286. The van der Waals surface area contributed by atoms with Gasteiger partial charge in [-0.25, -0.2) is 8.42 Å². The first-order valence-corrected chi connectivity index (χ1v) is 14.2. The van der Waals surface area contributed by atoms with E-state index < -0.39 is 31.3 Å². The van der Waals surface area contributed by atoms with Gasteiger partial charge in [0.2, 0.25) is 5.91 Å². The Bertz CT molecular complexity index is 1380. The van der Waals surface area contributed by atoms with Crippen LogP contribution in [-0.4, -0.2) is 54.3 Å². The zero-order valence-corrected chi connectivity index (χ0v) is 21.8. The third-order valence-electron chi connectivity index (χ3n) is 6.68. The summed E-state index contributed by atoms with van der Waals surface area (Å²) in [6.07, 6.45) is 1.82. The fourth-order valence-electron chi connectivity index (χ4n) is 4.70. The first-order chi connectivity index (χ1) is 18.1. The minimum absolute atomic E-state index is 0.0259. The molecule has 1 saturated heterocycles. The molecule has 0 radical (unpaired) electrons. The van der Waals surface area contributed by atoms with Crippen LogP contribution in [0, 0.1) is 16.0 Å². The number of amides is 2. The summed E-state index contributed by atoms with van der Waals surface area (Å²) < 4.78 is 23.8. The van der Waals surface area contributed by atoms with Crippen molar-refractivity contribution in [3.05, 3.63) is 106 Å². The fourth-order valence-corrected chi connectivity index (χ4v) is 5.52. The number of nitro groups is 1. The Hall–Kier alpha value is -4.05. The second kappa shape index (κ2) is 11.6. The quantitative estimate of drug-likeness (QED) is 0.317. The monoisotopic (exact) mass is 535 g/mol. The van der Waals surface area contributed by atoms with E-state index in [-0.39, 0.29) is 17.4 Å². The third-order valence-corrected chi connectivity index (χ3v) is 7.82. The molecule has 2 amide bonds. The highest BCUT2D eigenvalue weighted by Gasteiger charge is 2.32. The average molecular weight is 536 g/mol. The maximum absolute atomic E-state index is 13.6. The van der Waals surface area contributed by atoms with Crippen molar-refractivity contribution in [2.24, 2.45) is 5.92 Å². The summed E-state index contributed by atoms with van der Waals surface area (Å²) in [4.78, 5) is 40.3. The summed E-state index contributed by atoms with van der Waals surface area (Å²) in [5.41, 5.74) is 1.48. The Morgan fingerprint density at radius 2 is 1.45 bits per heavy atom. The lowest BCUT2D eigenvalue weighted by Crippen LogP contribution is -2.44. The van der Waals surface area contributed by atoms with Crippen molar-refractivity contribution in [1.82, 2.24) is 9.80 Å². The number of nitro benzene ring substituents is 1. The second-order valence-corrected chi connectivity index (χ2v) is 11.4. The summed E-state index contributed by atoms with van der Waals surface area (Å²) in [6.45, 7) is 1.59. The number of carbonyl (C=O) groups is 2. The number of carbonyl (C=O) groups excluding carboxylic acids is 2. The van der Waals surface area contributed by atoms with E-state index in [1.54, 1.807) is 4.90 Å². The lowest BCUT2D eigenvalue weighted by molar-refractivity contribution is -0.387. The van der Waals surface area contributed by atoms with E-state index in [1.807, 2.05) is 65.6 Å². The zero-order chi connectivity index (χ0) is 27.3. The van der Waals surface area contributed by atoms with Gasteiger partial charge in [-0.3, -0.25) is 19.7 Å². The van der Waals surface area contributed by atoms with Gasteiger partial charge in [-0.15, -0.1) is 0 Å². The van der Waals surface area contributed by atoms with Crippen LogP contribution >= 0.6 is 0 Å². The number of benzene rings is 3. The van der Waals surface area contributed by atoms with Gasteiger partial charge in [0.1, 0.15) is 4.90 Å². The first kappa shape index (κ1) is 27.0. The molecule has 0 unspecified atom stereocenters. The molecule has 1 heterocycles. The predicted molar refractivity (Wildman–Crippen MR) is 142 cm³/mol. The Balaban J connectivity index is 1.46. The van der Waals surface area contributed by atoms with Crippen molar-refractivity contribution in [2.75, 3.05) is 19.3 Å². The van der Waals surface area contributed by atoms with Crippen LogP contribution in [0.15, 0.2) is 83.8 Å². The van der Waals surface area contributed by atoms with E-state index in [0.717, 1.165) is 29.5 Å². The molecule has 3 aromatic rings. The van der Waals surface area contributed by atoms with Crippen LogP contribution in [0.3, 0.4) is 0 Å². The molecule has 0 saturated carbocycles. The molecule has 10 heteroatoms. The number of hydrogen-bond acceptors (Lipinski definition) is 6. The Kier molecular flexibility index (Phi) is 8.21. The van der Waals surface area contributed by atoms with Gasteiger partial charge in [0.25, 0.3) is 11.6 Å². The van der Waals surface area contributed by atoms with Crippen LogP contribution in [0.5, 0.6) is 0 Å². The van der Waals surface area contributed by atoms with Crippen molar-refractivity contribution in [1.29, 1.82) is 0 Å². The number of rotatable bonds is 8. The molecular weight excluding hydrogens is 506 g/mol. The molecule has 38 heavy (non-hydrogen) atoms. The standard InChI is InChI=1S/C28H29N3O6S/c1-38(36,37)26-13-12-24(18-25(26)31(34)35)28(33)29-16-14-23(15-17-29)27(32)30(19-21-8-4-2-5-9-21)20-22-10-6-3-7-11-22/h2-13,18,23H,14-17,19-20H2,1H3. The Labute approximate surface area is 221 Å². The van der Waals surface area contributed by atoms with Crippen molar-refractivity contribution >= 4 is 27.3 Å². The molecular formula is C28H29N3O6S. The number of nitrogens with zero attached hydrogens (tertiary/aromatic N) is 3. The van der Waals surface area contributed by atoms with Gasteiger partial charge in [-0.2, -0.15) is 0 Å². The van der Waals surface area contributed by atoms with Crippen LogP contribution in [0.4, 0.5) is 5.69 Å². The van der Waals surface area contributed by atoms with Gasteiger partial charge in [0, 0.05) is 50.0 Å². The molecule has 0 aliphatic carbocycles. The minimum Gasteiger partial charge on any atom is -0.339 e. The number of likely N-dealkylation sites (tertiary alicyclic amines) is 1. The van der Waals surface area contributed by atoms with E-state index in [4.69, 9.17) is 0 Å². The Morgan fingerprint density at radius 3 is 1.92 bits per heavy atom. The topological polar surface area (TPSA) is 118 Å². The van der Waals surface area contributed by atoms with Crippen LogP contribution in [-0.2, 0) is 27.7 Å². The molecule has 0 spiro atoms. The zero-order valence-electron chi connectivity index (χ0n) is 21.0. The largest absolute Gasteiger partial charge is 0.339 e. The third kappa shape index (κ3) is 6.44. The second-order valence-electron chi connectivity index (χ2n) is 9.44. The SMILES string of the molecule is CS(=O)(=O)c1ccc(C(=O)N2CCC(C(=O)N(Cc3ccccc3)Cc3ccccc3)CC2)cc1[N+](=O)[O-]. The lowest BCUT2D eigenvalue weighted by atomic mass is 9.94. The average Bonchev–Trinajstić information content (AvgIpc) is 2.92. The summed E-state index contributed by atoms with van der Waals surface area (Å²) in [7, 11) is -3.82. The van der Waals surface area contributed by atoms with E-state index in [9.17, 15) is 28.1 Å². The molecule has 0 N–H and O–H groups in total. The van der Waals surface area contributed by atoms with Crippen LogP contribution in [0.2, 0.25) is 0 Å². The van der Waals surface area contributed by atoms with E-state index >= 15 is 0 Å². The van der Waals surface area contributed by atoms with Crippen LogP contribution in [0.1, 0.15) is 34.3 Å². The van der Waals surface area contributed by atoms with Crippen molar-refractivity contribution in [3.63, 3.8) is 0 Å². The normalized spacial score (nSPS) is 14.2. The van der Waals surface area contributed by atoms with E-state index in [1.165, 1.54) is 6.07 Å². The maximum Gasteiger partial charge on any atom is 0.288 e. The van der Waals surface area contributed by atoms with Crippen LogP contribution in [0.25, 0.3) is 0 Å². The summed E-state index contributed by atoms with van der Waals surface area (Å²) in [5.74, 6) is -0.657. The van der Waals surface area contributed by atoms with Crippen molar-refractivity contribution < 1.29 is 22.9 Å². The molecule has 0 bridgehead atoms. The molecule has 1 fully saturated rings.